The summed E-state index contributed by atoms with van der Waals surface area (Å²) in [5, 5.41) is 69.3. The number of hydrogen-bond acceptors (Lipinski definition) is 19. The molecule has 464 valence electrons. The number of ether oxygens (including phenoxy) is 7. The number of hydrogen-bond donors (Lipinski definition) is 5. The summed E-state index contributed by atoms with van der Waals surface area (Å²) in [5.41, 5.74) is -1.31. The topological polar surface area (TPSA) is 236 Å². The summed E-state index contributed by atoms with van der Waals surface area (Å²) in [6, 6.07) is 9.68. The van der Waals surface area contributed by atoms with Crippen LogP contribution in [0.3, 0.4) is 0 Å². The number of esters is 1. The van der Waals surface area contributed by atoms with Crippen LogP contribution in [0.2, 0.25) is 0 Å². The van der Waals surface area contributed by atoms with Crippen molar-refractivity contribution in [3.8, 4) is 17.0 Å². The highest BCUT2D eigenvalue weighted by molar-refractivity contribution is 5.73. The fraction of sp³-hybridized carbons (Fsp3) is 0.770. The van der Waals surface area contributed by atoms with Gasteiger partial charge in [-0.1, -0.05) is 57.2 Å². The largest absolute Gasteiger partial charge is 0.478 e. The van der Waals surface area contributed by atoms with Gasteiger partial charge < -0.3 is 73.4 Å². The number of benzene rings is 1. The Morgan fingerprint density at radius 1 is 0.915 bits per heavy atom. The molecule has 6 rings (SSSR count). The number of aliphatic hydroxyl groups is 5. The maximum absolute atomic E-state index is 15.1. The van der Waals surface area contributed by atoms with Crippen LogP contribution in [0.1, 0.15) is 125 Å². The van der Waals surface area contributed by atoms with Gasteiger partial charge in [-0.3, -0.25) is 4.79 Å². The summed E-state index contributed by atoms with van der Waals surface area (Å²) in [5.74, 6) is -2.72. The number of aliphatic hydroxyl groups excluding tert-OH is 3. The fourth-order valence-electron chi connectivity index (χ4n) is 13.1. The van der Waals surface area contributed by atoms with Crippen molar-refractivity contribution in [2.24, 2.45) is 23.7 Å². The quantitative estimate of drug-likeness (QED) is 0.0677. The number of halogens is 1. The van der Waals surface area contributed by atoms with E-state index in [9.17, 15) is 30.3 Å². The molecule has 3 aliphatic heterocycles. The first-order valence-electron chi connectivity index (χ1n) is 29.6. The molecule has 3 saturated heterocycles. The molecule has 3 aromatic rings. The molecule has 0 amide bonds. The van der Waals surface area contributed by atoms with Crippen LogP contribution in [-0.2, 0) is 39.6 Å². The Kier molecular flexibility index (Phi) is 23.9. The van der Waals surface area contributed by atoms with Crippen LogP contribution in [0.5, 0.6) is 5.88 Å². The molecule has 3 aliphatic rings. The Morgan fingerprint density at radius 2 is 1.60 bits per heavy atom. The van der Waals surface area contributed by atoms with Crippen LogP contribution in [-0.4, -0.2) is 226 Å². The molecule has 1 aromatic carbocycles. The van der Waals surface area contributed by atoms with E-state index in [1.165, 1.54) is 18.7 Å². The van der Waals surface area contributed by atoms with E-state index in [4.69, 9.17) is 33.2 Å². The second kappa shape index (κ2) is 29.1. The van der Waals surface area contributed by atoms with Crippen molar-refractivity contribution < 1.29 is 67.9 Å². The highest BCUT2D eigenvalue weighted by Gasteiger charge is 2.55. The average Bonchev–Trinajstić information content (AvgIpc) is 3.65. The van der Waals surface area contributed by atoms with Crippen LogP contribution in [0, 0.1) is 23.7 Å². The fourth-order valence-corrected chi connectivity index (χ4v) is 13.1. The van der Waals surface area contributed by atoms with Gasteiger partial charge in [0.1, 0.15) is 48.8 Å². The SMILES string of the molecule is CC[C@H]1OC(=O)[C@H](C)[C@@H](C2C[C@@](C)(OC)[C@@H](O)[C@H](C)O2)[C@H](C)[C@@H](O[C@@H]2O[C@H](C)C[C@H](N(C)CCc3cn([C@H](CF)[C@H](OC)c4ccc(-c5ccc(OCCCN(C)C)nc5)cc4)nn3)[C@H]2O)[C@](C)(O)C[C@@H](C)CN(C)[C@H](C)[C@@H](O)[C@]1(C)O. The standard InChI is InChI=1S/C61H100FN7O13/c1-17-49-61(10,75)54(71)40(6)68(14)34-36(2)30-59(8,74)56(38(4)51(39(5)57(73)81-49)48-31-60(9,77-16)55(72)41(7)80-48)82-58-52(70)46(29-37(3)79-58)67(13)27-25-45-35-69(65-64-45)47(32-62)53(76-15)43-21-19-42(20-22-43)44-23-24-50(63-33-44)78-28-18-26-66(11)12/h19-24,33,35-41,46-49,51-56,58,70-72,74-75H,17-18,25-32,34H2,1-16H3/t36-,37-,38+,39-,40-,41+,46+,47-,48?,49-,51+,52-,53-,54-,55+,56-,58+,59-,60-,61-/m1/s1. The number of cyclic esters (lactones) is 1. The first-order valence-corrected chi connectivity index (χ1v) is 29.6. The Balaban J connectivity index is 1.21. The average molecular weight is 1160 g/mol. The number of alkyl halides is 1. The van der Waals surface area contributed by atoms with Gasteiger partial charge in [0.2, 0.25) is 5.88 Å². The zero-order chi connectivity index (χ0) is 60.6. The second-order valence-corrected chi connectivity index (χ2v) is 25.1. The van der Waals surface area contributed by atoms with Crippen LogP contribution in [0.25, 0.3) is 11.1 Å². The Labute approximate surface area is 486 Å². The Bertz CT molecular complexity index is 2420. The number of likely N-dealkylation sites (N-methyl/N-ethyl adjacent to an activating group) is 2. The molecule has 82 heavy (non-hydrogen) atoms. The van der Waals surface area contributed by atoms with Gasteiger partial charge in [0.15, 0.2) is 6.29 Å². The molecule has 0 saturated carbocycles. The molecule has 21 heteroatoms. The predicted octanol–water partition coefficient (Wildman–Crippen LogP) is 5.67. The predicted molar refractivity (Wildman–Crippen MR) is 309 cm³/mol. The lowest BCUT2D eigenvalue weighted by molar-refractivity contribution is -0.302. The van der Waals surface area contributed by atoms with E-state index in [0.29, 0.717) is 44.1 Å². The van der Waals surface area contributed by atoms with E-state index in [0.717, 1.165) is 29.7 Å². The van der Waals surface area contributed by atoms with E-state index in [-0.39, 0.29) is 25.2 Å². The van der Waals surface area contributed by atoms with Crippen LogP contribution in [0.4, 0.5) is 4.39 Å². The van der Waals surface area contributed by atoms with Gasteiger partial charge in [0.05, 0.1) is 53.8 Å². The second-order valence-electron chi connectivity index (χ2n) is 25.1. The van der Waals surface area contributed by atoms with Crippen molar-refractivity contribution >= 4 is 5.97 Å². The minimum Gasteiger partial charge on any atom is -0.478 e. The summed E-state index contributed by atoms with van der Waals surface area (Å²) in [6.07, 6.45) is -3.67. The van der Waals surface area contributed by atoms with Gasteiger partial charge in [0, 0.05) is 88.7 Å². The van der Waals surface area contributed by atoms with Crippen molar-refractivity contribution in [1.82, 2.24) is 34.7 Å². The van der Waals surface area contributed by atoms with Gasteiger partial charge >= 0.3 is 5.97 Å². The van der Waals surface area contributed by atoms with Crippen LogP contribution >= 0.6 is 0 Å². The number of methoxy groups -OCH3 is 2. The van der Waals surface area contributed by atoms with Gasteiger partial charge in [-0.05, 0) is 124 Å². The molecule has 20 atom stereocenters. The highest BCUT2D eigenvalue weighted by atomic mass is 19.1. The molecular formula is C61H100FN7O13. The molecule has 2 aromatic heterocycles. The smallest absolute Gasteiger partial charge is 0.309 e. The van der Waals surface area contributed by atoms with Crippen LogP contribution < -0.4 is 4.74 Å². The van der Waals surface area contributed by atoms with E-state index >= 15 is 4.39 Å². The third-order valence-corrected chi connectivity index (χ3v) is 18.2. The highest BCUT2D eigenvalue weighted by Crippen LogP contribution is 2.45. The first-order chi connectivity index (χ1) is 38.6. The number of nitrogens with zero attached hydrogens (tertiary/aromatic N) is 7. The number of carbonyl (C=O) groups excluding carboxylic acids is 1. The summed E-state index contributed by atoms with van der Waals surface area (Å²) >= 11 is 0. The van der Waals surface area contributed by atoms with Gasteiger partial charge in [-0.2, -0.15) is 0 Å². The third-order valence-electron chi connectivity index (χ3n) is 18.2. The normalized spacial score (nSPS) is 36.6. The maximum atomic E-state index is 15.1. The van der Waals surface area contributed by atoms with Crippen molar-refractivity contribution in [3.05, 3.63) is 60.0 Å². The van der Waals surface area contributed by atoms with E-state index in [1.807, 2.05) is 95.2 Å². The number of pyridine rings is 1. The molecular weight excluding hydrogens is 1060 g/mol. The van der Waals surface area contributed by atoms with Crippen molar-refractivity contribution in [2.45, 2.75) is 204 Å². The zero-order valence-corrected chi connectivity index (χ0v) is 51.7. The number of rotatable bonds is 20. The number of aromatic nitrogens is 4. The van der Waals surface area contributed by atoms with E-state index in [1.54, 1.807) is 61.0 Å². The van der Waals surface area contributed by atoms with E-state index in [2.05, 4.69) is 20.2 Å². The summed E-state index contributed by atoms with van der Waals surface area (Å²) in [7, 11) is 10.9. The first kappa shape index (κ1) is 67.3. The summed E-state index contributed by atoms with van der Waals surface area (Å²) in [6.45, 7) is 19.4. The minimum atomic E-state index is -1.84. The molecule has 5 heterocycles. The maximum Gasteiger partial charge on any atom is 0.309 e. The summed E-state index contributed by atoms with van der Waals surface area (Å²) in [4.78, 5) is 25.2. The molecule has 1 unspecified atom stereocenters. The lowest BCUT2D eigenvalue weighted by Gasteiger charge is -2.51. The lowest BCUT2D eigenvalue weighted by Crippen LogP contribution is -2.62. The van der Waals surface area contributed by atoms with E-state index < -0.39 is 127 Å². The molecule has 20 nitrogen and oxygen atoms in total. The van der Waals surface area contributed by atoms with Crippen molar-refractivity contribution in [2.75, 3.05) is 75.3 Å². The minimum absolute atomic E-state index is 0.168. The monoisotopic (exact) mass is 1160 g/mol. The molecule has 5 N–H and O–H groups in total. The molecule has 0 bridgehead atoms. The van der Waals surface area contributed by atoms with Gasteiger partial charge in [0.25, 0.3) is 0 Å². The van der Waals surface area contributed by atoms with Gasteiger partial charge in [-0.25, -0.2) is 14.1 Å². The molecule has 0 spiro atoms. The molecule has 0 radical (unpaired) electrons. The van der Waals surface area contributed by atoms with Crippen molar-refractivity contribution in [3.63, 3.8) is 0 Å². The molecule has 3 fully saturated rings. The van der Waals surface area contributed by atoms with Crippen molar-refractivity contribution in [1.29, 1.82) is 0 Å². The summed E-state index contributed by atoms with van der Waals surface area (Å²) < 4.78 is 60.6. The Morgan fingerprint density at radius 3 is 2.21 bits per heavy atom. The van der Waals surface area contributed by atoms with Crippen LogP contribution in [0.15, 0.2) is 48.8 Å². The number of carbonyl (C=O) groups is 1. The molecule has 0 aliphatic carbocycles. The van der Waals surface area contributed by atoms with Gasteiger partial charge in [-0.15, -0.1) is 5.10 Å². The Hall–Kier alpha value is -3.81. The lowest BCUT2D eigenvalue weighted by atomic mass is 9.68. The third kappa shape index (κ3) is 16.0. The zero-order valence-electron chi connectivity index (χ0n) is 51.7.